The topological polar surface area (TPSA) is 9.23 Å². The standard InChI is InChI=1S/C9H10BrClOS/c10-7-2-3-8(11)9(6-7)12-4-1-5-13/h2-3,6,13H,1,4-5H2. The molecule has 1 nitrogen and oxygen atoms in total. The van der Waals surface area contributed by atoms with E-state index in [4.69, 9.17) is 16.3 Å². The average molecular weight is 282 g/mol. The van der Waals surface area contributed by atoms with Crippen LogP contribution in [0.4, 0.5) is 0 Å². The van der Waals surface area contributed by atoms with Gasteiger partial charge in [-0.1, -0.05) is 27.5 Å². The Morgan fingerprint density at radius 3 is 2.92 bits per heavy atom. The lowest BCUT2D eigenvalue weighted by atomic mass is 10.3. The summed E-state index contributed by atoms with van der Waals surface area (Å²) in [5.74, 6) is 1.55. The Morgan fingerprint density at radius 2 is 2.23 bits per heavy atom. The van der Waals surface area contributed by atoms with E-state index in [0.29, 0.717) is 11.6 Å². The van der Waals surface area contributed by atoms with Gasteiger partial charge in [0.1, 0.15) is 5.75 Å². The van der Waals surface area contributed by atoms with Crippen LogP contribution in [0, 0.1) is 0 Å². The summed E-state index contributed by atoms with van der Waals surface area (Å²) in [7, 11) is 0. The Hall–Kier alpha value is 0.140. The molecule has 1 rings (SSSR count). The van der Waals surface area contributed by atoms with Crippen molar-refractivity contribution < 1.29 is 4.74 Å². The number of hydrogen-bond donors (Lipinski definition) is 1. The molecule has 0 spiro atoms. The van der Waals surface area contributed by atoms with E-state index >= 15 is 0 Å². The van der Waals surface area contributed by atoms with Gasteiger partial charge < -0.3 is 4.74 Å². The zero-order valence-corrected chi connectivity index (χ0v) is 10.2. The third-order valence-corrected chi connectivity index (χ3v) is 2.57. The molecular formula is C9H10BrClOS. The zero-order valence-electron chi connectivity index (χ0n) is 6.96. The van der Waals surface area contributed by atoms with E-state index in [0.717, 1.165) is 22.4 Å². The first-order chi connectivity index (χ1) is 6.24. The average Bonchev–Trinajstić information content (AvgIpc) is 2.11. The van der Waals surface area contributed by atoms with Gasteiger partial charge in [-0.2, -0.15) is 12.6 Å². The van der Waals surface area contributed by atoms with Crippen LogP contribution >= 0.6 is 40.2 Å². The predicted octanol–water partition coefficient (Wildman–Crippen LogP) is 3.80. The molecule has 0 fully saturated rings. The Morgan fingerprint density at radius 1 is 1.46 bits per heavy atom. The maximum Gasteiger partial charge on any atom is 0.139 e. The largest absolute Gasteiger partial charge is 0.492 e. The lowest BCUT2D eigenvalue weighted by Gasteiger charge is -2.06. The molecule has 0 aromatic heterocycles. The van der Waals surface area contributed by atoms with Crippen LogP contribution in [0.15, 0.2) is 22.7 Å². The molecule has 0 saturated carbocycles. The second-order valence-electron chi connectivity index (χ2n) is 2.50. The first-order valence-corrected chi connectivity index (χ1v) is 5.73. The third kappa shape index (κ3) is 3.79. The number of rotatable bonds is 4. The van der Waals surface area contributed by atoms with Gasteiger partial charge in [-0.3, -0.25) is 0 Å². The van der Waals surface area contributed by atoms with Crippen molar-refractivity contribution in [1.29, 1.82) is 0 Å². The highest BCUT2D eigenvalue weighted by molar-refractivity contribution is 9.10. The van der Waals surface area contributed by atoms with E-state index in [9.17, 15) is 0 Å². The molecule has 0 aliphatic carbocycles. The Bertz CT molecular complexity index is 280. The number of ether oxygens (including phenoxy) is 1. The first kappa shape index (κ1) is 11.2. The number of halogens is 2. The van der Waals surface area contributed by atoms with E-state index in [1.807, 2.05) is 18.2 Å². The summed E-state index contributed by atoms with van der Waals surface area (Å²) < 4.78 is 6.42. The van der Waals surface area contributed by atoms with Gasteiger partial charge in [0.15, 0.2) is 0 Å². The van der Waals surface area contributed by atoms with Crippen molar-refractivity contribution in [2.75, 3.05) is 12.4 Å². The second kappa shape index (κ2) is 5.78. The monoisotopic (exact) mass is 280 g/mol. The summed E-state index contributed by atoms with van der Waals surface area (Å²) >= 11 is 13.4. The minimum atomic E-state index is 0.641. The lowest BCUT2D eigenvalue weighted by Crippen LogP contribution is -1.98. The lowest BCUT2D eigenvalue weighted by molar-refractivity contribution is 0.319. The van der Waals surface area contributed by atoms with E-state index in [1.54, 1.807) is 0 Å². The van der Waals surface area contributed by atoms with E-state index in [-0.39, 0.29) is 0 Å². The van der Waals surface area contributed by atoms with Crippen LogP contribution in [-0.4, -0.2) is 12.4 Å². The third-order valence-electron chi connectivity index (χ3n) is 1.45. The molecule has 1 aromatic carbocycles. The number of thiol groups is 1. The predicted molar refractivity (Wildman–Crippen MR) is 63.1 cm³/mol. The SMILES string of the molecule is SCCCOc1cc(Br)ccc1Cl. The molecule has 0 aliphatic heterocycles. The van der Waals surface area contributed by atoms with E-state index in [1.165, 1.54) is 0 Å². The summed E-state index contributed by atoms with van der Waals surface area (Å²) in [6.45, 7) is 0.652. The molecule has 0 amide bonds. The molecule has 72 valence electrons. The maximum absolute atomic E-state index is 5.91. The second-order valence-corrected chi connectivity index (χ2v) is 4.27. The summed E-state index contributed by atoms with van der Waals surface area (Å²) in [5, 5.41) is 0.641. The smallest absolute Gasteiger partial charge is 0.139 e. The molecular weight excluding hydrogens is 272 g/mol. The van der Waals surface area contributed by atoms with Gasteiger partial charge >= 0.3 is 0 Å². The van der Waals surface area contributed by atoms with Gasteiger partial charge in [-0.05, 0) is 30.4 Å². The van der Waals surface area contributed by atoms with Crippen molar-refractivity contribution in [3.05, 3.63) is 27.7 Å². The normalized spacial score (nSPS) is 10.1. The van der Waals surface area contributed by atoms with Crippen molar-refractivity contribution in [3.63, 3.8) is 0 Å². The summed E-state index contributed by atoms with van der Waals surface area (Å²) in [5.41, 5.74) is 0. The molecule has 4 heteroatoms. The molecule has 0 unspecified atom stereocenters. The molecule has 0 heterocycles. The first-order valence-electron chi connectivity index (χ1n) is 3.93. The highest BCUT2D eigenvalue weighted by Gasteiger charge is 2.01. The van der Waals surface area contributed by atoms with Crippen LogP contribution in [0.2, 0.25) is 5.02 Å². The zero-order chi connectivity index (χ0) is 9.68. The summed E-state index contributed by atoms with van der Waals surface area (Å²) in [6.07, 6.45) is 0.923. The quantitative estimate of drug-likeness (QED) is 0.652. The van der Waals surface area contributed by atoms with Crippen molar-refractivity contribution in [2.24, 2.45) is 0 Å². The van der Waals surface area contributed by atoms with Gasteiger partial charge in [0, 0.05) is 4.47 Å². The molecule has 1 aromatic rings. The molecule has 0 saturated heterocycles. The van der Waals surface area contributed by atoms with Gasteiger partial charge in [0.05, 0.1) is 11.6 Å². The highest BCUT2D eigenvalue weighted by atomic mass is 79.9. The van der Waals surface area contributed by atoms with Gasteiger partial charge in [0.2, 0.25) is 0 Å². The molecule has 0 aliphatic rings. The molecule has 0 atom stereocenters. The van der Waals surface area contributed by atoms with Gasteiger partial charge in [0.25, 0.3) is 0 Å². The van der Waals surface area contributed by atoms with E-state index < -0.39 is 0 Å². The van der Waals surface area contributed by atoms with Gasteiger partial charge in [-0.25, -0.2) is 0 Å². The van der Waals surface area contributed by atoms with Crippen molar-refractivity contribution in [2.45, 2.75) is 6.42 Å². The van der Waals surface area contributed by atoms with E-state index in [2.05, 4.69) is 28.6 Å². The van der Waals surface area contributed by atoms with Crippen molar-refractivity contribution in [3.8, 4) is 5.75 Å². The van der Waals surface area contributed by atoms with Crippen LogP contribution < -0.4 is 4.74 Å². The van der Waals surface area contributed by atoms with Crippen LogP contribution in [0.25, 0.3) is 0 Å². The van der Waals surface area contributed by atoms with Gasteiger partial charge in [-0.15, -0.1) is 0 Å². The minimum absolute atomic E-state index is 0.641. The van der Waals surface area contributed by atoms with Crippen molar-refractivity contribution >= 4 is 40.2 Å². The van der Waals surface area contributed by atoms with Crippen LogP contribution in [0.3, 0.4) is 0 Å². The fourth-order valence-corrected chi connectivity index (χ4v) is 1.48. The Kier molecular flexibility index (Phi) is 4.99. The fraction of sp³-hybridized carbons (Fsp3) is 0.333. The van der Waals surface area contributed by atoms with Crippen LogP contribution in [-0.2, 0) is 0 Å². The summed E-state index contributed by atoms with van der Waals surface area (Å²) in [4.78, 5) is 0. The maximum atomic E-state index is 5.91. The number of hydrogen-bond acceptors (Lipinski definition) is 2. The number of benzene rings is 1. The Labute approximate surface area is 97.0 Å². The highest BCUT2D eigenvalue weighted by Crippen LogP contribution is 2.27. The molecule has 0 radical (unpaired) electrons. The van der Waals surface area contributed by atoms with Crippen LogP contribution in [0.1, 0.15) is 6.42 Å². The Balaban J connectivity index is 2.59. The van der Waals surface area contributed by atoms with Crippen LogP contribution in [0.5, 0.6) is 5.75 Å². The van der Waals surface area contributed by atoms with Crippen molar-refractivity contribution in [1.82, 2.24) is 0 Å². The molecule has 0 N–H and O–H groups in total. The molecule has 13 heavy (non-hydrogen) atoms. The summed E-state index contributed by atoms with van der Waals surface area (Å²) in [6, 6.07) is 5.55. The fourth-order valence-electron chi connectivity index (χ4n) is 0.834. The minimum Gasteiger partial charge on any atom is -0.492 e. The molecule has 0 bridgehead atoms.